The van der Waals surface area contributed by atoms with Gasteiger partial charge in [-0.05, 0) is 34.2 Å². The number of imidazole rings is 1. The first-order chi connectivity index (χ1) is 17.0. The van der Waals surface area contributed by atoms with E-state index in [0.29, 0.717) is 6.42 Å². The number of benzene rings is 2. The SMILES string of the molecule is C=COC(c1cccc2c1Cc1ccccc1-2)[C@H]1O[C@@H](n2cnc3c(=O)[nH]c(N)nc32)[C@H](O)[C@@H]1O. The lowest BCUT2D eigenvalue weighted by Crippen LogP contribution is -2.35. The fourth-order valence-electron chi connectivity index (χ4n) is 5.17. The van der Waals surface area contributed by atoms with Crippen LogP contribution in [0.3, 0.4) is 0 Å². The Morgan fingerprint density at radius 1 is 1.20 bits per heavy atom. The van der Waals surface area contributed by atoms with Crippen molar-refractivity contribution in [2.75, 3.05) is 5.73 Å². The zero-order chi connectivity index (χ0) is 24.3. The lowest BCUT2D eigenvalue weighted by molar-refractivity contribution is -0.0885. The molecule has 1 aliphatic carbocycles. The number of H-pyrrole nitrogens is 1. The number of hydrogen-bond acceptors (Lipinski definition) is 8. The molecule has 1 saturated heterocycles. The van der Waals surface area contributed by atoms with Crippen LogP contribution in [-0.4, -0.2) is 48.0 Å². The fourth-order valence-corrected chi connectivity index (χ4v) is 5.17. The summed E-state index contributed by atoms with van der Waals surface area (Å²) in [6.45, 7) is 3.70. The minimum Gasteiger partial charge on any atom is -0.491 e. The first-order valence-corrected chi connectivity index (χ1v) is 11.2. The summed E-state index contributed by atoms with van der Waals surface area (Å²) in [5.41, 5.74) is 10.7. The van der Waals surface area contributed by atoms with Gasteiger partial charge in [0.05, 0.1) is 12.6 Å². The quantitative estimate of drug-likeness (QED) is 0.282. The van der Waals surface area contributed by atoms with Gasteiger partial charge in [-0.25, -0.2) is 4.98 Å². The Balaban J connectivity index is 1.40. The normalized spacial score (nSPS) is 23.7. The number of ether oxygens (including phenoxy) is 2. The molecule has 5 N–H and O–H groups in total. The van der Waals surface area contributed by atoms with Crippen LogP contribution < -0.4 is 11.3 Å². The molecule has 3 heterocycles. The molecule has 4 aromatic rings. The van der Waals surface area contributed by atoms with Crippen molar-refractivity contribution in [3.8, 4) is 11.1 Å². The summed E-state index contributed by atoms with van der Waals surface area (Å²) in [6.07, 6.45) is -2.07. The average molecular weight is 473 g/mol. The molecule has 1 aliphatic heterocycles. The van der Waals surface area contributed by atoms with Crippen molar-refractivity contribution < 1.29 is 19.7 Å². The molecule has 178 valence electrons. The summed E-state index contributed by atoms with van der Waals surface area (Å²) in [6, 6.07) is 14.1. The van der Waals surface area contributed by atoms with Crippen molar-refractivity contribution in [2.45, 2.75) is 37.1 Å². The van der Waals surface area contributed by atoms with Crippen LogP contribution >= 0.6 is 0 Å². The number of anilines is 1. The third-order valence-electron chi connectivity index (χ3n) is 6.73. The predicted molar refractivity (Wildman–Crippen MR) is 127 cm³/mol. The topological polar surface area (TPSA) is 149 Å². The van der Waals surface area contributed by atoms with Crippen molar-refractivity contribution in [3.05, 3.63) is 88.7 Å². The van der Waals surface area contributed by atoms with Gasteiger partial charge in [0.25, 0.3) is 5.56 Å². The first-order valence-electron chi connectivity index (χ1n) is 11.2. The van der Waals surface area contributed by atoms with E-state index in [1.165, 1.54) is 22.7 Å². The standard InChI is InChI=1S/C25H23N5O5/c1-2-34-20(15-9-5-8-14-13-7-4-3-6-12(13)10-16(14)15)21-18(31)19(32)24(35-21)30-11-27-17-22(30)28-25(26)29-23(17)33/h2-9,11,18-21,24,31-32H,1,10H2,(H3,26,28,29,33)/t18-,19+,20?,21-,24+/m0/s1. The molecular weight excluding hydrogens is 450 g/mol. The fraction of sp³-hybridized carbons (Fsp3) is 0.240. The smallest absolute Gasteiger partial charge is 0.280 e. The van der Waals surface area contributed by atoms with Gasteiger partial charge in [0, 0.05) is 0 Å². The zero-order valence-corrected chi connectivity index (χ0v) is 18.5. The number of fused-ring (bicyclic) bond motifs is 4. The van der Waals surface area contributed by atoms with Crippen LogP contribution in [-0.2, 0) is 15.9 Å². The van der Waals surface area contributed by atoms with Crippen LogP contribution in [0.1, 0.15) is 29.0 Å². The molecule has 5 atom stereocenters. The lowest BCUT2D eigenvalue weighted by Gasteiger charge is -2.27. The Kier molecular flexibility index (Phi) is 4.95. The highest BCUT2D eigenvalue weighted by Gasteiger charge is 2.49. The third-order valence-corrected chi connectivity index (χ3v) is 6.73. The van der Waals surface area contributed by atoms with Gasteiger partial charge in [0.15, 0.2) is 23.5 Å². The third kappa shape index (κ3) is 3.26. The number of aliphatic hydroxyl groups is 2. The number of nitrogens with two attached hydrogens (primary N) is 1. The van der Waals surface area contributed by atoms with E-state index in [1.807, 2.05) is 24.3 Å². The molecule has 0 saturated carbocycles. The molecule has 0 radical (unpaired) electrons. The minimum absolute atomic E-state index is 0.0467. The van der Waals surface area contributed by atoms with Gasteiger partial charge in [-0.1, -0.05) is 49.0 Å². The lowest BCUT2D eigenvalue weighted by atomic mass is 9.92. The van der Waals surface area contributed by atoms with Crippen LogP contribution in [0.25, 0.3) is 22.3 Å². The van der Waals surface area contributed by atoms with E-state index in [4.69, 9.17) is 15.2 Å². The van der Waals surface area contributed by atoms with E-state index in [2.05, 4.69) is 39.7 Å². The molecule has 1 fully saturated rings. The molecule has 6 rings (SSSR count). The van der Waals surface area contributed by atoms with Crippen molar-refractivity contribution >= 4 is 17.1 Å². The average Bonchev–Trinajstić information content (AvgIpc) is 3.52. The summed E-state index contributed by atoms with van der Waals surface area (Å²) in [5.74, 6) is -0.0962. The molecule has 10 heteroatoms. The van der Waals surface area contributed by atoms with Gasteiger partial charge in [0.2, 0.25) is 5.95 Å². The Morgan fingerprint density at radius 3 is 2.83 bits per heavy atom. The van der Waals surface area contributed by atoms with Gasteiger partial charge in [-0.15, -0.1) is 0 Å². The number of nitrogen functional groups attached to an aromatic ring is 1. The van der Waals surface area contributed by atoms with Crippen LogP contribution in [0.5, 0.6) is 0 Å². The van der Waals surface area contributed by atoms with Crippen molar-refractivity contribution in [1.82, 2.24) is 19.5 Å². The maximum absolute atomic E-state index is 12.2. The van der Waals surface area contributed by atoms with E-state index in [-0.39, 0.29) is 17.1 Å². The van der Waals surface area contributed by atoms with E-state index in [0.717, 1.165) is 22.3 Å². The van der Waals surface area contributed by atoms with E-state index in [1.54, 1.807) is 0 Å². The second-order valence-electron chi connectivity index (χ2n) is 8.68. The monoisotopic (exact) mass is 473 g/mol. The molecule has 2 aromatic heterocycles. The number of nitrogens with one attached hydrogen (secondary N) is 1. The summed E-state index contributed by atoms with van der Waals surface area (Å²) < 4.78 is 13.5. The Morgan fingerprint density at radius 2 is 2.00 bits per heavy atom. The maximum atomic E-state index is 12.2. The summed E-state index contributed by atoms with van der Waals surface area (Å²) in [7, 11) is 0. The summed E-state index contributed by atoms with van der Waals surface area (Å²) in [5, 5.41) is 22.0. The van der Waals surface area contributed by atoms with E-state index < -0.39 is 36.2 Å². The van der Waals surface area contributed by atoms with Crippen molar-refractivity contribution in [1.29, 1.82) is 0 Å². The molecule has 10 nitrogen and oxygen atoms in total. The number of aromatic amines is 1. The number of aliphatic hydroxyl groups excluding tert-OH is 2. The van der Waals surface area contributed by atoms with Crippen LogP contribution in [0.4, 0.5) is 5.95 Å². The van der Waals surface area contributed by atoms with Gasteiger partial charge in [0.1, 0.15) is 18.3 Å². The number of nitrogens with zero attached hydrogens (tertiary/aromatic N) is 3. The van der Waals surface area contributed by atoms with Crippen LogP contribution in [0.2, 0.25) is 0 Å². The molecular formula is C25H23N5O5. The highest BCUT2D eigenvalue weighted by molar-refractivity contribution is 5.78. The zero-order valence-electron chi connectivity index (χ0n) is 18.5. The van der Waals surface area contributed by atoms with Gasteiger partial charge in [-0.3, -0.25) is 14.3 Å². The molecule has 1 unspecified atom stereocenters. The summed E-state index contributed by atoms with van der Waals surface area (Å²) in [4.78, 5) is 22.8. The molecule has 0 amide bonds. The van der Waals surface area contributed by atoms with Crippen LogP contribution in [0.15, 0.2) is 66.4 Å². The highest BCUT2D eigenvalue weighted by atomic mass is 16.6. The molecule has 2 aliphatic rings. The van der Waals surface area contributed by atoms with Crippen LogP contribution in [0, 0.1) is 0 Å². The van der Waals surface area contributed by atoms with Crippen molar-refractivity contribution in [3.63, 3.8) is 0 Å². The Hall–Kier alpha value is -3.99. The number of rotatable bonds is 5. The van der Waals surface area contributed by atoms with Gasteiger partial charge < -0.3 is 25.4 Å². The maximum Gasteiger partial charge on any atom is 0.280 e. The Bertz CT molecular complexity index is 1510. The van der Waals surface area contributed by atoms with E-state index in [9.17, 15) is 15.0 Å². The minimum atomic E-state index is -1.34. The van der Waals surface area contributed by atoms with Crippen molar-refractivity contribution in [2.24, 2.45) is 0 Å². The van der Waals surface area contributed by atoms with Gasteiger partial charge >= 0.3 is 0 Å². The Labute approximate surface area is 199 Å². The molecule has 0 bridgehead atoms. The first kappa shape index (κ1) is 21.5. The predicted octanol–water partition coefficient (Wildman–Crippen LogP) is 1.79. The van der Waals surface area contributed by atoms with E-state index >= 15 is 0 Å². The second-order valence-corrected chi connectivity index (χ2v) is 8.68. The summed E-state index contributed by atoms with van der Waals surface area (Å²) >= 11 is 0. The van der Waals surface area contributed by atoms with Gasteiger partial charge in [-0.2, -0.15) is 4.98 Å². The molecule has 35 heavy (non-hydrogen) atoms. The number of aromatic nitrogens is 4. The molecule has 0 spiro atoms. The number of hydrogen-bond donors (Lipinski definition) is 4. The highest BCUT2D eigenvalue weighted by Crippen LogP contribution is 2.44. The second kappa shape index (κ2) is 8.05. The largest absolute Gasteiger partial charge is 0.491 e. The molecule has 2 aromatic carbocycles.